The number of aryl methyl sites for hydroxylation is 2. The first kappa shape index (κ1) is 10.2. The molecule has 0 aliphatic rings. The van der Waals surface area contributed by atoms with Gasteiger partial charge in [-0.2, -0.15) is 5.10 Å². The number of rotatable bonds is 3. The highest BCUT2D eigenvalue weighted by Crippen LogP contribution is 2.18. The maximum absolute atomic E-state index is 4.19. The van der Waals surface area contributed by atoms with Crippen LogP contribution in [0.3, 0.4) is 0 Å². The fourth-order valence-corrected chi connectivity index (χ4v) is 2.26. The normalized spacial score (nSPS) is 10.6. The largest absolute Gasteiger partial charge is 0.377 e. The minimum atomic E-state index is 0.880. The molecule has 0 saturated heterocycles. The number of hydrogen-bond acceptors (Lipinski definition) is 3. The van der Waals surface area contributed by atoms with Gasteiger partial charge in [0.15, 0.2) is 0 Å². The minimum Gasteiger partial charge on any atom is -0.377 e. The number of thiophene rings is 1. The molecule has 4 heteroatoms. The van der Waals surface area contributed by atoms with Gasteiger partial charge in [0.1, 0.15) is 0 Å². The second kappa shape index (κ2) is 4.06. The predicted octanol–water partition coefficient (Wildman–Crippen LogP) is 2.71. The van der Waals surface area contributed by atoms with Crippen molar-refractivity contribution in [2.24, 2.45) is 7.05 Å². The van der Waals surface area contributed by atoms with Crippen molar-refractivity contribution in [3.63, 3.8) is 0 Å². The zero-order chi connectivity index (χ0) is 10.8. The smallest absolute Gasteiger partial charge is 0.0759 e. The van der Waals surface area contributed by atoms with Gasteiger partial charge in [-0.1, -0.05) is 0 Å². The van der Waals surface area contributed by atoms with Crippen LogP contribution in [0.1, 0.15) is 15.4 Å². The average Bonchev–Trinajstić information content (AvgIpc) is 2.74. The summed E-state index contributed by atoms with van der Waals surface area (Å²) in [6.45, 7) is 5.07. The van der Waals surface area contributed by atoms with Crippen LogP contribution in [0.4, 0.5) is 5.69 Å². The Morgan fingerprint density at radius 3 is 2.73 bits per heavy atom. The van der Waals surface area contributed by atoms with Crippen LogP contribution >= 0.6 is 11.3 Å². The molecule has 0 aliphatic carbocycles. The van der Waals surface area contributed by atoms with Crippen LogP contribution in [0.2, 0.25) is 0 Å². The summed E-state index contributed by atoms with van der Waals surface area (Å²) in [6, 6.07) is 4.32. The highest BCUT2D eigenvalue weighted by atomic mass is 32.1. The predicted molar refractivity (Wildman–Crippen MR) is 64.3 cm³/mol. The van der Waals surface area contributed by atoms with Crippen molar-refractivity contribution >= 4 is 17.0 Å². The van der Waals surface area contributed by atoms with Gasteiger partial charge < -0.3 is 5.32 Å². The Hall–Kier alpha value is -1.29. The molecule has 15 heavy (non-hydrogen) atoms. The number of aromatic nitrogens is 2. The molecule has 0 unspecified atom stereocenters. The first-order valence-electron chi connectivity index (χ1n) is 4.94. The van der Waals surface area contributed by atoms with Crippen LogP contribution in [-0.4, -0.2) is 9.78 Å². The van der Waals surface area contributed by atoms with E-state index in [1.165, 1.54) is 15.4 Å². The number of hydrogen-bond donors (Lipinski definition) is 1. The van der Waals surface area contributed by atoms with Crippen molar-refractivity contribution in [3.05, 3.63) is 33.8 Å². The highest BCUT2D eigenvalue weighted by molar-refractivity contribution is 7.11. The molecule has 2 heterocycles. The molecule has 2 aromatic heterocycles. The molecule has 2 rings (SSSR count). The third kappa shape index (κ3) is 2.21. The molecule has 0 amide bonds. The van der Waals surface area contributed by atoms with Gasteiger partial charge in [0.2, 0.25) is 0 Å². The lowest BCUT2D eigenvalue weighted by Crippen LogP contribution is -1.99. The maximum atomic E-state index is 4.19. The molecule has 0 radical (unpaired) electrons. The Labute approximate surface area is 93.7 Å². The fraction of sp³-hybridized carbons (Fsp3) is 0.364. The lowest BCUT2D eigenvalue weighted by molar-refractivity contribution is 0.740. The molecular weight excluding hydrogens is 206 g/mol. The van der Waals surface area contributed by atoms with E-state index in [9.17, 15) is 0 Å². The van der Waals surface area contributed by atoms with Gasteiger partial charge in [0.25, 0.3) is 0 Å². The molecular formula is C11H15N3S. The standard InChI is InChI=1S/C11H15N3S/c1-8-4-5-10(15-8)6-12-11-7-13-14(3)9(11)2/h4-5,7,12H,6H2,1-3H3. The molecule has 0 spiro atoms. The second-order valence-electron chi connectivity index (χ2n) is 3.63. The molecule has 0 fully saturated rings. The summed E-state index contributed by atoms with van der Waals surface area (Å²) in [4.78, 5) is 2.71. The molecule has 80 valence electrons. The van der Waals surface area contributed by atoms with Crippen molar-refractivity contribution < 1.29 is 0 Å². The zero-order valence-corrected chi connectivity index (χ0v) is 10.1. The third-order valence-electron chi connectivity index (χ3n) is 2.48. The Bertz CT molecular complexity index is 456. The summed E-state index contributed by atoms with van der Waals surface area (Å²) in [5.41, 5.74) is 2.28. The van der Waals surface area contributed by atoms with Crippen molar-refractivity contribution in [3.8, 4) is 0 Å². The Kier molecular flexibility index (Phi) is 2.77. The van der Waals surface area contributed by atoms with Crippen LogP contribution in [0.25, 0.3) is 0 Å². The van der Waals surface area contributed by atoms with E-state index in [0.717, 1.165) is 12.2 Å². The molecule has 0 aromatic carbocycles. The van der Waals surface area contributed by atoms with Gasteiger partial charge in [0, 0.05) is 23.3 Å². The lowest BCUT2D eigenvalue weighted by Gasteiger charge is -2.03. The lowest BCUT2D eigenvalue weighted by atomic mass is 10.3. The van der Waals surface area contributed by atoms with Crippen molar-refractivity contribution in [2.45, 2.75) is 20.4 Å². The topological polar surface area (TPSA) is 29.9 Å². The van der Waals surface area contributed by atoms with Gasteiger partial charge in [-0.15, -0.1) is 11.3 Å². The van der Waals surface area contributed by atoms with Crippen molar-refractivity contribution in [1.29, 1.82) is 0 Å². The van der Waals surface area contributed by atoms with Crippen LogP contribution in [-0.2, 0) is 13.6 Å². The number of nitrogens with one attached hydrogen (secondary N) is 1. The van der Waals surface area contributed by atoms with E-state index in [1.54, 1.807) is 0 Å². The van der Waals surface area contributed by atoms with E-state index in [-0.39, 0.29) is 0 Å². The zero-order valence-electron chi connectivity index (χ0n) is 9.24. The van der Waals surface area contributed by atoms with E-state index >= 15 is 0 Å². The summed E-state index contributed by atoms with van der Waals surface area (Å²) in [7, 11) is 1.95. The van der Waals surface area contributed by atoms with Gasteiger partial charge in [-0.3, -0.25) is 4.68 Å². The highest BCUT2D eigenvalue weighted by Gasteiger charge is 2.03. The molecule has 0 saturated carbocycles. The van der Waals surface area contributed by atoms with Gasteiger partial charge >= 0.3 is 0 Å². The van der Waals surface area contributed by atoms with Crippen LogP contribution in [0, 0.1) is 13.8 Å². The summed E-state index contributed by atoms with van der Waals surface area (Å²) in [5, 5.41) is 7.58. The van der Waals surface area contributed by atoms with Crippen LogP contribution in [0.15, 0.2) is 18.3 Å². The number of anilines is 1. The summed E-state index contributed by atoms with van der Waals surface area (Å²) < 4.78 is 1.88. The van der Waals surface area contributed by atoms with E-state index in [0.29, 0.717) is 0 Å². The van der Waals surface area contributed by atoms with Crippen molar-refractivity contribution in [1.82, 2.24) is 9.78 Å². The Morgan fingerprint density at radius 2 is 2.20 bits per heavy atom. The molecule has 1 N–H and O–H groups in total. The summed E-state index contributed by atoms with van der Waals surface area (Å²) >= 11 is 1.83. The van der Waals surface area contributed by atoms with Crippen LogP contribution < -0.4 is 5.32 Å². The molecule has 3 nitrogen and oxygen atoms in total. The first-order valence-corrected chi connectivity index (χ1v) is 5.76. The Morgan fingerprint density at radius 1 is 1.40 bits per heavy atom. The average molecular weight is 221 g/mol. The Balaban J connectivity index is 2.02. The van der Waals surface area contributed by atoms with Crippen LogP contribution in [0.5, 0.6) is 0 Å². The maximum Gasteiger partial charge on any atom is 0.0759 e. The fourth-order valence-electron chi connectivity index (χ4n) is 1.43. The monoisotopic (exact) mass is 221 g/mol. The SMILES string of the molecule is Cc1ccc(CNc2cnn(C)c2C)s1. The second-order valence-corrected chi connectivity index (χ2v) is 5.01. The quantitative estimate of drug-likeness (QED) is 0.863. The van der Waals surface area contributed by atoms with E-state index in [4.69, 9.17) is 0 Å². The summed E-state index contributed by atoms with van der Waals surface area (Å²) in [5.74, 6) is 0. The van der Waals surface area contributed by atoms with Gasteiger partial charge in [-0.05, 0) is 26.0 Å². The third-order valence-corrected chi connectivity index (χ3v) is 3.48. The first-order chi connectivity index (χ1) is 7.16. The molecule has 0 atom stereocenters. The molecule has 0 bridgehead atoms. The van der Waals surface area contributed by atoms with Gasteiger partial charge in [0.05, 0.1) is 17.6 Å². The van der Waals surface area contributed by atoms with E-state index in [1.807, 2.05) is 29.3 Å². The number of nitrogens with zero attached hydrogens (tertiary/aromatic N) is 2. The molecule has 2 aromatic rings. The molecule has 0 aliphatic heterocycles. The van der Waals surface area contributed by atoms with E-state index < -0.39 is 0 Å². The van der Waals surface area contributed by atoms with Crippen molar-refractivity contribution in [2.75, 3.05) is 5.32 Å². The minimum absolute atomic E-state index is 0.880. The summed E-state index contributed by atoms with van der Waals surface area (Å²) in [6.07, 6.45) is 1.87. The van der Waals surface area contributed by atoms with Gasteiger partial charge in [-0.25, -0.2) is 0 Å². The van der Waals surface area contributed by atoms with E-state index in [2.05, 4.69) is 36.4 Å².